The van der Waals surface area contributed by atoms with E-state index in [1.54, 1.807) is 6.07 Å². The molecule has 1 unspecified atom stereocenters. The topological polar surface area (TPSA) is 62.9 Å². The van der Waals surface area contributed by atoms with Crippen molar-refractivity contribution in [3.63, 3.8) is 0 Å². The molecule has 0 radical (unpaired) electrons. The quantitative estimate of drug-likeness (QED) is 0.857. The van der Waals surface area contributed by atoms with Gasteiger partial charge in [-0.05, 0) is 37.9 Å². The van der Waals surface area contributed by atoms with E-state index in [4.69, 9.17) is 14.3 Å². The molecule has 1 aromatic heterocycles. The maximum atomic E-state index is 10.7. The summed E-state index contributed by atoms with van der Waals surface area (Å²) < 4.78 is 11.1. The highest BCUT2D eigenvalue weighted by atomic mass is 16.5. The number of hydrogen-bond donors (Lipinski definition) is 1. The maximum Gasteiger partial charge on any atom is 0.371 e. The molecule has 5 nitrogen and oxygen atoms in total. The van der Waals surface area contributed by atoms with Crippen molar-refractivity contribution in [1.82, 2.24) is 4.90 Å². The Bertz CT molecular complexity index is 415. The highest BCUT2D eigenvalue weighted by Gasteiger charge is 2.21. The molecule has 0 aromatic carbocycles. The van der Waals surface area contributed by atoms with Crippen molar-refractivity contribution in [3.8, 4) is 0 Å². The van der Waals surface area contributed by atoms with Crippen LogP contribution >= 0.6 is 0 Å². The minimum absolute atomic E-state index is 0.00536. The molecule has 106 valence electrons. The number of carboxylic acid groups (broad SMARTS) is 1. The molecular formula is C14H21NO4. The van der Waals surface area contributed by atoms with Crippen LogP contribution in [0.25, 0.3) is 0 Å². The van der Waals surface area contributed by atoms with Crippen molar-refractivity contribution < 1.29 is 19.1 Å². The largest absolute Gasteiger partial charge is 0.475 e. The van der Waals surface area contributed by atoms with E-state index >= 15 is 0 Å². The molecule has 1 aromatic rings. The number of ether oxygens (including phenoxy) is 1. The SMILES string of the molecule is CCCOC1CCCN(Cc2ccc(C(=O)O)o2)C1. The van der Waals surface area contributed by atoms with E-state index in [-0.39, 0.29) is 5.76 Å². The molecule has 0 spiro atoms. The lowest BCUT2D eigenvalue weighted by molar-refractivity contribution is -0.00386. The van der Waals surface area contributed by atoms with Crippen LogP contribution in [-0.4, -0.2) is 41.8 Å². The summed E-state index contributed by atoms with van der Waals surface area (Å²) in [5, 5.41) is 8.82. The van der Waals surface area contributed by atoms with Gasteiger partial charge in [0.1, 0.15) is 5.76 Å². The van der Waals surface area contributed by atoms with Crippen LogP contribution in [0.4, 0.5) is 0 Å². The Kier molecular flexibility index (Phi) is 4.99. The van der Waals surface area contributed by atoms with Crippen LogP contribution in [0.2, 0.25) is 0 Å². The molecule has 1 N–H and O–H groups in total. The number of carbonyl (C=O) groups is 1. The average molecular weight is 267 g/mol. The predicted octanol–water partition coefficient (Wildman–Crippen LogP) is 2.37. The molecule has 0 bridgehead atoms. The third kappa shape index (κ3) is 4.08. The second kappa shape index (κ2) is 6.73. The molecule has 2 rings (SSSR count). The number of furan rings is 1. The van der Waals surface area contributed by atoms with Crippen molar-refractivity contribution in [2.24, 2.45) is 0 Å². The highest BCUT2D eigenvalue weighted by Crippen LogP contribution is 2.17. The van der Waals surface area contributed by atoms with Gasteiger partial charge in [-0.3, -0.25) is 4.90 Å². The van der Waals surface area contributed by atoms with Crippen LogP contribution in [0.3, 0.4) is 0 Å². The van der Waals surface area contributed by atoms with E-state index in [1.165, 1.54) is 6.07 Å². The molecule has 1 aliphatic heterocycles. The van der Waals surface area contributed by atoms with Crippen molar-refractivity contribution in [3.05, 3.63) is 23.7 Å². The minimum Gasteiger partial charge on any atom is -0.475 e. The summed E-state index contributed by atoms with van der Waals surface area (Å²) in [5.74, 6) is -0.312. The average Bonchev–Trinajstić information content (AvgIpc) is 2.85. The van der Waals surface area contributed by atoms with Gasteiger partial charge in [0.05, 0.1) is 12.6 Å². The zero-order valence-electron chi connectivity index (χ0n) is 11.3. The zero-order chi connectivity index (χ0) is 13.7. The second-order valence-electron chi connectivity index (χ2n) is 4.94. The van der Waals surface area contributed by atoms with Crippen LogP contribution in [0.15, 0.2) is 16.5 Å². The zero-order valence-corrected chi connectivity index (χ0v) is 11.3. The number of hydrogen-bond acceptors (Lipinski definition) is 4. The molecular weight excluding hydrogens is 246 g/mol. The number of likely N-dealkylation sites (tertiary alicyclic amines) is 1. The van der Waals surface area contributed by atoms with E-state index in [1.807, 2.05) is 0 Å². The van der Waals surface area contributed by atoms with Crippen molar-refractivity contribution in [2.45, 2.75) is 38.8 Å². The lowest BCUT2D eigenvalue weighted by Crippen LogP contribution is -2.39. The fourth-order valence-corrected chi connectivity index (χ4v) is 2.38. The Morgan fingerprint density at radius 3 is 3.11 bits per heavy atom. The van der Waals surface area contributed by atoms with Crippen molar-refractivity contribution in [1.29, 1.82) is 0 Å². The van der Waals surface area contributed by atoms with Gasteiger partial charge in [0.25, 0.3) is 0 Å². The Labute approximate surface area is 113 Å². The normalized spacial score (nSPS) is 20.6. The number of nitrogens with zero attached hydrogens (tertiary/aromatic N) is 1. The monoisotopic (exact) mass is 267 g/mol. The van der Waals surface area contributed by atoms with Crippen molar-refractivity contribution in [2.75, 3.05) is 19.7 Å². The molecule has 1 atom stereocenters. The predicted molar refractivity (Wildman–Crippen MR) is 70.2 cm³/mol. The molecule has 1 fully saturated rings. The van der Waals surface area contributed by atoms with E-state index in [0.717, 1.165) is 39.0 Å². The molecule has 1 aliphatic rings. The standard InChI is InChI=1S/C14H21NO4/c1-2-8-18-11-4-3-7-15(9-11)10-12-5-6-13(19-12)14(16)17/h5-6,11H,2-4,7-10H2,1H3,(H,16,17). The smallest absolute Gasteiger partial charge is 0.371 e. The van der Waals surface area contributed by atoms with E-state index in [0.29, 0.717) is 18.4 Å². The number of aromatic carboxylic acids is 1. The van der Waals surface area contributed by atoms with Gasteiger partial charge in [0.15, 0.2) is 0 Å². The first-order chi connectivity index (χ1) is 9.19. The Morgan fingerprint density at radius 1 is 1.58 bits per heavy atom. The summed E-state index contributed by atoms with van der Waals surface area (Å²) in [4.78, 5) is 13.0. The summed E-state index contributed by atoms with van der Waals surface area (Å²) in [7, 11) is 0. The molecule has 0 aliphatic carbocycles. The van der Waals surface area contributed by atoms with E-state index in [9.17, 15) is 4.79 Å². The Morgan fingerprint density at radius 2 is 2.42 bits per heavy atom. The van der Waals surface area contributed by atoms with Crippen LogP contribution in [0.5, 0.6) is 0 Å². The van der Waals surface area contributed by atoms with Gasteiger partial charge >= 0.3 is 5.97 Å². The first-order valence-corrected chi connectivity index (χ1v) is 6.85. The first-order valence-electron chi connectivity index (χ1n) is 6.85. The molecule has 0 amide bonds. The van der Waals surface area contributed by atoms with Gasteiger partial charge in [-0.2, -0.15) is 0 Å². The second-order valence-corrected chi connectivity index (χ2v) is 4.94. The summed E-state index contributed by atoms with van der Waals surface area (Å²) in [6.45, 7) is 5.47. The van der Waals surface area contributed by atoms with Gasteiger partial charge in [-0.25, -0.2) is 4.79 Å². The van der Waals surface area contributed by atoms with Crippen LogP contribution < -0.4 is 0 Å². The number of rotatable bonds is 6. The lowest BCUT2D eigenvalue weighted by atomic mass is 10.1. The summed E-state index contributed by atoms with van der Waals surface area (Å²) in [6, 6.07) is 3.24. The molecule has 5 heteroatoms. The maximum absolute atomic E-state index is 10.7. The van der Waals surface area contributed by atoms with E-state index < -0.39 is 5.97 Å². The third-order valence-corrected chi connectivity index (χ3v) is 3.27. The van der Waals surface area contributed by atoms with Crippen molar-refractivity contribution >= 4 is 5.97 Å². The number of piperidine rings is 1. The molecule has 19 heavy (non-hydrogen) atoms. The third-order valence-electron chi connectivity index (χ3n) is 3.27. The van der Waals surface area contributed by atoms with E-state index in [2.05, 4.69) is 11.8 Å². The fourth-order valence-electron chi connectivity index (χ4n) is 2.38. The van der Waals surface area contributed by atoms with Crippen LogP contribution in [0, 0.1) is 0 Å². The first kappa shape index (κ1) is 14.1. The fraction of sp³-hybridized carbons (Fsp3) is 0.643. The number of carboxylic acids is 1. The van der Waals surface area contributed by atoms with Gasteiger partial charge < -0.3 is 14.3 Å². The van der Waals surface area contributed by atoms with Gasteiger partial charge in [-0.15, -0.1) is 0 Å². The molecule has 0 saturated carbocycles. The van der Waals surface area contributed by atoms with Gasteiger partial charge in [-0.1, -0.05) is 6.92 Å². The van der Waals surface area contributed by atoms with Gasteiger partial charge in [0, 0.05) is 13.2 Å². The van der Waals surface area contributed by atoms with Crippen LogP contribution in [-0.2, 0) is 11.3 Å². The molecule has 1 saturated heterocycles. The summed E-state index contributed by atoms with van der Waals surface area (Å²) in [5.41, 5.74) is 0. The summed E-state index contributed by atoms with van der Waals surface area (Å²) >= 11 is 0. The van der Waals surface area contributed by atoms with Gasteiger partial charge in [0.2, 0.25) is 5.76 Å². The Balaban J connectivity index is 1.85. The lowest BCUT2D eigenvalue weighted by Gasteiger charge is -2.31. The highest BCUT2D eigenvalue weighted by molar-refractivity contribution is 5.84. The minimum atomic E-state index is -1.02. The Hall–Kier alpha value is -1.33. The summed E-state index contributed by atoms with van der Waals surface area (Å²) in [6.07, 6.45) is 3.55. The molecule has 2 heterocycles. The van der Waals surface area contributed by atoms with Crippen LogP contribution in [0.1, 0.15) is 42.5 Å².